The SMILES string of the molecule is CCCC(=O)NC(=S)Nc1ccc(N2CCN(C(=O)c3cc4ccccc4o3)CC2)cc1. The molecule has 8 heteroatoms. The van der Waals surface area contributed by atoms with Gasteiger partial charge in [0.1, 0.15) is 5.58 Å². The number of amides is 2. The summed E-state index contributed by atoms with van der Waals surface area (Å²) in [6.45, 7) is 4.69. The van der Waals surface area contributed by atoms with E-state index in [-0.39, 0.29) is 11.8 Å². The molecular formula is C24H26N4O3S. The van der Waals surface area contributed by atoms with E-state index in [4.69, 9.17) is 16.6 Å². The van der Waals surface area contributed by atoms with Crippen LogP contribution in [0.4, 0.5) is 11.4 Å². The van der Waals surface area contributed by atoms with Crippen LogP contribution in [0.5, 0.6) is 0 Å². The molecule has 0 saturated carbocycles. The van der Waals surface area contributed by atoms with Gasteiger partial charge in [-0.3, -0.25) is 9.59 Å². The van der Waals surface area contributed by atoms with Gasteiger partial charge in [-0.2, -0.15) is 0 Å². The van der Waals surface area contributed by atoms with Gasteiger partial charge >= 0.3 is 0 Å². The summed E-state index contributed by atoms with van der Waals surface area (Å²) in [6.07, 6.45) is 1.23. The molecule has 1 aliphatic rings. The van der Waals surface area contributed by atoms with Crippen LogP contribution in [0, 0.1) is 0 Å². The van der Waals surface area contributed by atoms with Crippen LogP contribution in [0.3, 0.4) is 0 Å². The third-order valence-electron chi connectivity index (χ3n) is 5.42. The maximum absolute atomic E-state index is 12.8. The minimum absolute atomic E-state index is 0.0703. The quantitative estimate of drug-likeness (QED) is 0.572. The first kappa shape index (κ1) is 21.8. The molecule has 2 aromatic carbocycles. The van der Waals surface area contributed by atoms with Crippen molar-refractivity contribution in [3.8, 4) is 0 Å². The zero-order valence-corrected chi connectivity index (χ0v) is 18.8. The molecule has 0 spiro atoms. The molecule has 2 heterocycles. The predicted octanol–water partition coefficient (Wildman–Crippen LogP) is 4.01. The van der Waals surface area contributed by atoms with Gasteiger partial charge in [0.15, 0.2) is 10.9 Å². The third kappa shape index (κ3) is 5.08. The summed E-state index contributed by atoms with van der Waals surface area (Å²) >= 11 is 5.18. The van der Waals surface area contributed by atoms with Crippen LogP contribution in [0.15, 0.2) is 59.0 Å². The van der Waals surface area contributed by atoms with Crippen LogP contribution < -0.4 is 15.5 Å². The fraction of sp³-hybridized carbons (Fsp3) is 0.292. The summed E-state index contributed by atoms with van der Waals surface area (Å²) in [5.41, 5.74) is 2.62. The predicted molar refractivity (Wildman–Crippen MR) is 130 cm³/mol. The number of hydrogen-bond donors (Lipinski definition) is 2. The summed E-state index contributed by atoms with van der Waals surface area (Å²) in [5, 5.41) is 6.94. The average molecular weight is 451 g/mol. The molecule has 0 bridgehead atoms. The molecule has 0 atom stereocenters. The van der Waals surface area contributed by atoms with E-state index in [1.807, 2.05) is 66.4 Å². The average Bonchev–Trinajstić information content (AvgIpc) is 3.24. The van der Waals surface area contributed by atoms with Crippen molar-refractivity contribution in [3.63, 3.8) is 0 Å². The summed E-state index contributed by atoms with van der Waals surface area (Å²) in [6, 6.07) is 17.3. The number of hydrogen-bond acceptors (Lipinski definition) is 5. The largest absolute Gasteiger partial charge is 0.451 e. The van der Waals surface area contributed by atoms with Gasteiger partial charge in [-0.05, 0) is 55.0 Å². The Hall–Kier alpha value is -3.39. The number of para-hydroxylation sites is 1. The van der Waals surface area contributed by atoms with E-state index < -0.39 is 0 Å². The first-order valence-corrected chi connectivity index (χ1v) is 11.2. The molecule has 1 saturated heterocycles. The lowest BCUT2D eigenvalue weighted by Gasteiger charge is -2.35. The molecule has 32 heavy (non-hydrogen) atoms. The molecule has 166 valence electrons. The number of anilines is 2. The molecule has 2 amide bonds. The number of fused-ring (bicyclic) bond motifs is 1. The van der Waals surface area contributed by atoms with Crippen molar-refractivity contribution in [1.82, 2.24) is 10.2 Å². The molecule has 1 fully saturated rings. The summed E-state index contributed by atoms with van der Waals surface area (Å²) < 4.78 is 5.73. The second kappa shape index (κ2) is 9.82. The molecule has 7 nitrogen and oxygen atoms in total. The number of piperazine rings is 1. The van der Waals surface area contributed by atoms with Gasteiger partial charge in [0, 0.05) is 49.4 Å². The molecule has 1 aliphatic heterocycles. The second-order valence-electron chi connectivity index (χ2n) is 7.73. The first-order chi connectivity index (χ1) is 15.5. The lowest BCUT2D eigenvalue weighted by molar-refractivity contribution is -0.119. The van der Waals surface area contributed by atoms with Gasteiger partial charge < -0.3 is 24.9 Å². The van der Waals surface area contributed by atoms with Gasteiger partial charge in [-0.25, -0.2) is 0 Å². The van der Waals surface area contributed by atoms with Crippen molar-refractivity contribution in [2.75, 3.05) is 36.4 Å². The van der Waals surface area contributed by atoms with E-state index in [1.165, 1.54) is 0 Å². The van der Waals surface area contributed by atoms with Crippen LogP contribution in [0.1, 0.15) is 30.3 Å². The third-order valence-corrected chi connectivity index (χ3v) is 5.63. The Morgan fingerprint density at radius 1 is 1.03 bits per heavy atom. The number of thiocarbonyl (C=S) groups is 1. The zero-order valence-electron chi connectivity index (χ0n) is 18.0. The highest BCUT2D eigenvalue weighted by atomic mass is 32.1. The van der Waals surface area contributed by atoms with E-state index in [0.29, 0.717) is 30.4 Å². The Bertz CT molecular complexity index is 1080. The van der Waals surface area contributed by atoms with Crippen molar-refractivity contribution in [2.24, 2.45) is 0 Å². The summed E-state index contributed by atoms with van der Waals surface area (Å²) in [4.78, 5) is 28.6. The minimum atomic E-state index is -0.0864. The summed E-state index contributed by atoms with van der Waals surface area (Å²) in [5.74, 6) is 0.229. The van der Waals surface area contributed by atoms with E-state index in [2.05, 4.69) is 15.5 Å². The number of carbonyl (C=O) groups excluding carboxylic acids is 2. The Morgan fingerprint density at radius 3 is 2.44 bits per heavy atom. The number of nitrogens with zero attached hydrogens (tertiary/aromatic N) is 2. The van der Waals surface area contributed by atoms with Crippen LogP contribution in [-0.4, -0.2) is 48.0 Å². The second-order valence-corrected chi connectivity index (χ2v) is 8.14. The van der Waals surface area contributed by atoms with Crippen molar-refractivity contribution in [3.05, 3.63) is 60.4 Å². The maximum Gasteiger partial charge on any atom is 0.289 e. The molecule has 2 N–H and O–H groups in total. The number of nitrogens with one attached hydrogen (secondary N) is 2. The van der Waals surface area contributed by atoms with Crippen LogP contribution in [0.2, 0.25) is 0 Å². The van der Waals surface area contributed by atoms with Gasteiger partial charge in [-0.15, -0.1) is 0 Å². The fourth-order valence-corrected chi connectivity index (χ4v) is 3.98. The molecule has 0 radical (unpaired) electrons. The molecule has 3 aromatic rings. The number of furan rings is 1. The van der Waals surface area contributed by atoms with Crippen molar-refractivity contribution in [1.29, 1.82) is 0 Å². The first-order valence-electron chi connectivity index (χ1n) is 10.8. The number of rotatable bonds is 5. The van der Waals surface area contributed by atoms with Crippen LogP contribution >= 0.6 is 12.2 Å². The Balaban J connectivity index is 1.30. The Kier molecular flexibility index (Phi) is 6.70. The molecule has 1 aromatic heterocycles. The monoisotopic (exact) mass is 450 g/mol. The van der Waals surface area contributed by atoms with Crippen molar-refractivity contribution >= 4 is 51.5 Å². The van der Waals surface area contributed by atoms with Gasteiger partial charge in [0.2, 0.25) is 5.91 Å². The Labute approximate surface area is 192 Å². The van der Waals surface area contributed by atoms with Crippen molar-refractivity contribution < 1.29 is 14.0 Å². The smallest absolute Gasteiger partial charge is 0.289 e. The van der Waals surface area contributed by atoms with Crippen molar-refractivity contribution in [2.45, 2.75) is 19.8 Å². The number of carbonyl (C=O) groups is 2. The molecule has 0 aliphatic carbocycles. The highest BCUT2D eigenvalue weighted by Crippen LogP contribution is 2.23. The van der Waals surface area contributed by atoms with Gasteiger partial charge in [0.25, 0.3) is 5.91 Å². The highest BCUT2D eigenvalue weighted by molar-refractivity contribution is 7.80. The standard InChI is InChI=1S/C24H26N4O3S/c1-2-5-22(29)26-24(32)25-18-8-10-19(11-9-18)27-12-14-28(15-13-27)23(30)21-16-17-6-3-4-7-20(17)31-21/h3-4,6-11,16H,2,5,12-15H2,1H3,(H2,25,26,29,32). The molecule has 0 unspecified atom stereocenters. The van der Waals surface area contributed by atoms with Crippen LogP contribution in [0.25, 0.3) is 11.0 Å². The lowest BCUT2D eigenvalue weighted by Crippen LogP contribution is -2.48. The fourth-order valence-electron chi connectivity index (χ4n) is 3.74. The minimum Gasteiger partial charge on any atom is -0.451 e. The Morgan fingerprint density at radius 2 is 1.75 bits per heavy atom. The van der Waals surface area contributed by atoms with Gasteiger partial charge in [-0.1, -0.05) is 25.1 Å². The van der Waals surface area contributed by atoms with Crippen LogP contribution in [-0.2, 0) is 4.79 Å². The summed E-state index contributed by atoms with van der Waals surface area (Å²) in [7, 11) is 0. The zero-order chi connectivity index (χ0) is 22.5. The lowest BCUT2D eigenvalue weighted by atomic mass is 10.2. The van der Waals surface area contributed by atoms with E-state index in [1.54, 1.807) is 0 Å². The van der Waals surface area contributed by atoms with E-state index in [0.717, 1.165) is 41.9 Å². The topological polar surface area (TPSA) is 77.8 Å². The normalized spacial score (nSPS) is 13.8. The maximum atomic E-state index is 12.8. The highest BCUT2D eigenvalue weighted by Gasteiger charge is 2.24. The van der Waals surface area contributed by atoms with Gasteiger partial charge in [0.05, 0.1) is 0 Å². The van der Waals surface area contributed by atoms with E-state index in [9.17, 15) is 9.59 Å². The number of benzene rings is 2. The molecule has 4 rings (SSSR count). The van der Waals surface area contributed by atoms with E-state index >= 15 is 0 Å². The molecular weight excluding hydrogens is 424 g/mol.